The average molecular weight is 278 g/mol. The topological polar surface area (TPSA) is 60.7 Å². The second-order valence-electron chi connectivity index (χ2n) is 6.88. The Balaban J connectivity index is 1.63. The molecule has 0 bridgehead atoms. The van der Waals surface area contributed by atoms with Crippen molar-refractivity contribution in [1.82, 2.24) is 0 Å². The zero-order valence-corrected chi connectivity index (χ0v) is 12.4. The third kappa shape index (κ3) is 2.16. The first-order valence-corrected chi connectivity index (χ1v) is 7.95. The van der Waals surface area contributed by atoms with Crippen LogP contribution in [-0.2, 0) is 0 Å². The third-order valence-electron chi connectivity index (χ3n) is 5.56. The van der Waals surface area contributed by atoms with E-state index in [1.165, 1.54) is 18.4 Å². The maximum atomic E-state index is 10.5. The van der Waals surface area contributed by atoms with Gasteiger partial charge in [0.05, 0.1) is 6.10 Å². The molecule has 3 aliphatic carbocycles. The molecule has 0 spiro atoms. The Morgan fingerprint density at radius 3 is 2.75 bits per heavy atom. The monoisotopic (exact) mass is 278 g/mol. The zero-order chi connectivity index (χ0) is 14.5. The molecule has 3 rings (SSSR count). The summed E-state index contributed by atoms with van der Waals surface area (Å²) >= 11 is 0. The largest absolute Gasteiger partial charge is 0.391 e. The SMILES string of the molecule is CCC1=CC[C@@H](/C=C2/[C@@H]3[C@H]2CC3(O)C(O)[C@@H](C)O)CC1. The van der Waals surface area contributed by atoms with Crippen molar-refractivity contribution >= 4 is 0 Å². The second kappa shape index (κ2) is 4.97. The molecule has 2 unspecified atom stereocenters. The van der Waals surface area contributed by atoms with Gasteiger partial charge in [0.15, 0.2) is 0 Å². The zero-order valence-electron chi connectivity index (χ0n) is 12.4. The molecule has 112 valence electrons. The summed E-state index contributed by atoms with van der Waals surface area (Å²) in [6.07, 6.45) is 8.11. The quantitative estimate of drug-likeness (QED) is 0.691. The first kappa shape index (κ1) is 14.3. The van der Waals surface area contributed by atoms with Gasteiger partial charge in [-0.15, -0.1) is 0 Å². The molecule has 0 radical (unpaired) electrons. The highest BCUT2D eigenvalue weighted by Gasteiger charge is 2.70. The van der Waals surface area contributed by atoms with E-state index in [0.29, 0.717) is 18.3 Å². The van der Waals surface area contributed by atoms with Gasteiger partial charge in [0.25, 0.3) is 0 Å². The number of aliphatic hydroxyl groups excluding tert-OH is 2. The highest BCUT2D eigenvalue weighted by atomic mass is 16.4. The minimum atomic E-state index is -1.08. The summed E-state index contributed by atoms with van der Waals surface area (Å²) in [5.41, 5.74) is 1.81. The molecule has 2 fully saturated rings. The van der Waals surface area contributed by atoms with Crippen LogP contribution in [0.2, 0.25) is 0 Å². The Morgan fingerprint density at radius 2 is 2.20 bits per heavy atom. The second-order valence-corrected chi connectivity index (χ2v) is 6.88. The summed E-state index contributed by atoms with van der Waals surface area (Å²) in [6, 6.07) is 0. The Hall–Kier alpha value is -0.640. The number of hydrogen-bond donors (Lipinski definition) is 3. The average Bonchev–Trinajstić information content (AvgIpc) is 3.03. The number of rotatable bonds is 4. The molecule has 20 heavy (non-hydrogen) atoms. The maximum Gasteiger partial charge on any atom is 0.109 e. The van der Waals surface area contributed by atoms with Gasteiger partial charge in [-0.25, -0.2) is 0 Å². The van der Waals surface area contributed by atoms with Gasteiger partial charge in [-0.2, -0.15) is 0 Å². The summed E-state index contributed by atoms with van der Waals surface area (Å²) in [7, 11) is 0. The van der Waals surface area contributed by atoms with Gasteiger partial charge in [-0.1, -0.05) is 30.2 Å². The molecule has 0 aromatic rings. The van der Waals surface area contributed by atoms with Crippen molar-refractivity contribution < 1.29 is 15.3 Å². The van der Waals surface area contributed by atoms with Gasteiger partial charge in [0.1, 0.15) is 11.7 Å². The highest BCUT2D eigenvalue weighted by Crippen LogP contribution is 2.68. The molecule has 6 atom stereocenters. The van der Waals surface area contributed by atoms with Crippen LogP contribution in [0, 0.1) is 17.8 Å². The molecule has 0 heterocycles. The highest BCUT2D eigenvalue weighted by molar-refractivity contribution is 5.44. The first-order chi connectivity index (χ1) is 9.47. The summed E-state index contributed by atoms with van der Waals surface area (Å²) in [4.78, 5) is 0. The van der Waals surface area contributed by atoms with Gasteiger partial charge in [-0.05, 0) is 50.9 Å². The molecule has 0 aromatic heterocycles. The van der Waals surface area contributed by atoms with Gasteiger partial charge in [-0.3, -0.25) is 0 Å². The van der Waals surface area contributed by atoms with Crippen LogP contribution in [0.25, 0.3) is 0 Å². The molecular weight excluding hydrogens is 252 g/mol. The summed E-state index contributed by atoms with van der Waals surface area (Å²) < 4.78 is 0. The van der Waals surface area contributed by atoms with E-state index in [2.05, 4.69) is 19.1 Å². The predicted molar refractivity (Wildman–Crippen MR) is 78.0 cm³/mol. The summed E-state index contributed by atoms with van der Waals surface area (Å²) in [6.45, 7) is 3.75. The van der Waals surface area contributed by atoms with Crippen LogP contribution < -0.4 is 0 Å². The van der Waals surface area contributed by atoms with Gasteiger partial charge in [0.2, 0.25) is 0 Å². The molecule has 2 saturated carbocycles. The number of fused-ring (bicyclic) bond motifs is 1. The van der Waals surface area contributed by atoms with Crippen LogP contribution in [0.3, 0.4) is 0 Å². The van der Waals surface area contributed by atoms with Crippen molar-refractivity contribution in [1.29, 1.82) is 0 Å². The molecule has 3 aliphatic rings. The van der Waals surface area contributed by atoms with Crippen molar-refractivity contribution in [2.24, 2.45) is 17.8 Å². The maximum absolute atomic E-state index is 10.5. The van der Waals surface area contributed by atoms with Gasteiger partial charge < -0.3 is 15.3 Å². The van der Waals surface area contributed by atoms with Crippen molar-refractivity contribution in [3.8, 4) is 0 Å². The minimum Gasteiger partial charge on any atom is -0.391 e. The lowest BCUT2D eigenvalue weighted by Crippen LogP contribution is -2.55. The Morgan fingerprint density at radius 1 is 1.45 bits per heavy atom. The molecule has 0 aromatic carbocycles. The van der Waals surface area contributed by atoms with E-state index < -0.39 is 17.8 Å². The molecule has 3 N–H and O–H groups in total. The van der Waals surface area contributed by atoms with E-state index in [1.54, 1.807) is 12.5 Å². The van der Waals surface area contributed by atoms with Crippen molar-refractivity contribution in [2.45, 2.75) is 63.8 Å². The fraction of sp³-hybridized carbons (Fsp3) is 0.765. The molecule has 0 amide bonds. The van der Waals surface area contributed by atoms with Crippen LogP contribution >= 0.6 is 0 Å². The fourth-order valence-corrected chi connectivity index (χ4v) is 4.13. The van der Waals surface area contributed by atoms with Crippen LogP contribution in [-0.4, -0.2) is 33.1 Å². The Labute approximate surface area is 121 Å². The van der Waals surface area contributed by atoms with Crippen LogP contribution in [0.15, 0.2) is 23.3 Å². The number of hydrogen-bond acceptors (Lipinski definition) is 3. The predicted octanol–water partition coefficient (Wildman–Crippen LogP) is 2.17. The standard InChI is InChI=1S/C17H26O3/c1-3-11-4-6-12(7-5-11)8-13-14-9-17(20,15(13)14)16(19)10(2)18/h4,8,10,12,14-16,18-20H,3,5-7,9H2,1-2H3/b13-8+/t10-,12-,14+,15-,16?,17?/m1/s1. The van der Waals surface area contributed by atoms with Crippen molar-refractivity contribution in [3.05, 3.63) is 23.3 Å². The van der Waals surface area contributed by atoms with Crippen molar-refractivity contribution in [2.75, 3.05) is 0 Å². The van der Waals surface area contributed by atoms with E-state index in [-0.39, 0.29) is 5.92 Å². The van der Waals surface area contributed by atoms with Crippen molar-refractivity contribution in [3.63, 3.8) is 0 Å². The van der Waals surface area contributed by atoms with E-state index in [0.717, 1.165) is 12.8 Å². The van der Waals surface area contributed by atoms with Crippen LogP contribution in [0.5, 0.6) is 0 Å². The van der Waals surface area contributed by atoms with Gasteiger partial charge in [0, 0.05) is 5.92 Å². The minimum absolute atomic E-state index is 0.101. The molecular formula is C17H26O3. The van der Waals surface area contributed by atoms with E-state index in [1.807, 2.05) is 0 Å². The molecule has 3 heteroatoms. The first-order valence-electron chi connectivity index (χ1n) is 7.95. The van der Waals surface area contributed by atoms with Crippen LogP contribution in [0.1, 0.15) is 46.0 Å². The number of aliphatic hydroxyl groups is 3. The van der Waals surface area contributed by atoms with E-state index in [4.69, 9.17) is 0 Å². The van der Waals surface area contributed by atoms with Gasteiger partial charge >= 0.3 is 0 Å². The third-order valence-corrected chi connectivity index (χ3v) is 5.56. The van der Waals surface area contributed by atoms with E-state index >= 15 is 0 Å². The normalized spacial score (nSPS) is 44.4. The van der Waals surface area contributed by atoms with Crippen LogP contribution in [0.4, 0.5) is 0 Å². The number of allylic oxidation sites excluding steroid dienone is 3. The Kier molecular flexibility index (Phi) is 3.56. The van der Waals surface area contributed by atoms with E-state index in [9.17, 15) is 15.3 Å². The molecule has 3 nitrogen and oxygen atoms in total. The lowest BCUT2D eigenvalue weighted by molar-refractivity contribution is -0.167. The lowest BCUT2D eigenvalue weighted by Gasteiger charge is -2.40. The fourth-order valence-electron chi connectivity index (χ4n) is 4.13. The lowest BCUT2D eigenvalue weighted by atomic mass is 9.74. The smallest absolute Gasteiger partial charge is 0.109 e. The summed E-state index contributed by atoms with van der Waals surface area (Å²) in [5, 5.41) is 29.9. The molecule has 0 aliphatic heterocycles. The summed E-state index contributed by atoms with van der Waals surface area (Å²) in [5.74, 6) is 1.16. The molecule has 0 saturated heterocycles. The Bertz CT molecular complexity index is 451.